The zero-order chi connectivity index (χ0) is 21.6. The summed E-state index contributed by atoms with van der Waals surface area (Å²) in [6, 6.07) is 13.9. The highest BCUT2D eigenvalue weighted by Gasteiger charge is 2.64. The van der Waals surface area contributed by atoms with Crippen molar-refractivity contribution in [1.29, 1.82) is 0 Å². The van der Waals surface area contributed by atoms with Crippen molar-refractivity contribution in [3.05, 3.63) is 69.8 Å². The summed E-state index contributed by atoms with van der Waals surface area (Å²) in [5, 5.41) is 6.50. The summed E-state index contributed by atoms with van der Waals surface area (Å²) in [4.78, 5) is 12.7. The normalized spacial score (nSPS) is 25.0. The highest BCUT2D eigenvalue weighted by Crippen LogP contribution is 2.66. The highest BCUT2D eigenvalue weighted by atomic mass is 35.5. The predicted molar refractivity (Wildman–Crippen MR) is 127 cm³/mol. The molecule has 1 N–H and O–H groups in total. The number of nitrogens with zero attached hydrogens (tertiary/aromatic N) is 2. The Balaban J connectivity index is 1.34. The predicted octanol–water partition coefficient (Wildman–Crippen LogP) is 6.27. The Morgan fingerprint density at radius 3 is 2.84 bits per heavy atom. The van der Waals surface area contributed by atoms with Gasteiger partial charge in [0, 0.05) is 35.1 Å². The van der Waals surface area contributed by atoms with Crippen molar-refractivity contribution in [3.63, 3.8) is 0 Å². The van der Waals surface area contributed by atoms with E-state index < -0.39 is 0 Å². The van der Waals surface area contributed by atoms with E-state index in [4.69, 9.17) is 23.2 Å². The Morgan fingerprint density at radius 1 is 1.23 bits per heavy atom. The molecule has 160 valence electrons. The van der Waals surface area contributed by atoms with Crippen LogP contribution in [-0.2, 0) is 11.3 Å². The van der Waals surface area contributed by atoms with E-state index >= 15 is 0 Å². The molecule has 4 nitrogen and oxygen atoms in total. The molecule has 2 aromatic carbocycles. The number of aromatic nitrogens is 1. The summed E-state index contributed by atoms with van der Waals surface area (Å²) >= 11 is 12.2. The molecule has 1 amide bonds. The monoisotopic (exact) mass is 453 g/mol. The van der Waals surface area contributed by atoms with Gasteiger partial charge in [-0.2, -0.15) is 5.10 Å². The lowest BCUT2D eigenvalue weighted by atomic mass is 9.90. The van der Waals surface area contributed by atoms with Crippen LogP contribution in [-0.4, -0.2) is 16.7 Å². The average Bonchev–Trinajstić information content (AvgIpc) is 3.26. The molecule has 1 heterocycles. The first kappa shape index (κ1) is 20.6. The lowest BCUT2D eigenvalue weighted by molar-refractivity contribution is -0.123. The number of carbonyl (C=O) groups excluding carboxylic acids is 1. The Morgan fingerprint density at radius 2 is 2.06 bits per heavy atom. The largest absolute Gasteiger partial charge is 0.342 e. The molecule has 0 unspecified atom stereocenters. The van der Waals surface area contributed by atoms with Crippen molar-refractivity contribution in [1.82, 2.24) is 9.99 Å². The van der Waals surface area contributed by atoms with Crippen molar-refractivity contribution in [2.45, 2.75) is 39.2 Å². The number of hydrogen-bond donors (Lipinski definition) is 1. The molecule has 1 aromatic heterocycles. The molecule has 2 aliphatic rings. The molecular weight excluding hydrogens is 429 g/mol. The Hall–Kier alpha value is -2.30. The number of benzene rings is 2. The van der Waals surface area contributed by atoms with Crippen LogP contribution in [0.5, 0.6) is 0 Å². The minimum Gasteiger partial charge on any atom is -0.342 e. The van der Waals surface area contributed by atoms with E-state index in [0.29, 0.717) is 22.5 Å². The minimum atomic E-state index is 0.0604. The number of hydrogen-bond acceptors (Lipinski definition) is 2. The fourth-order valence-corrected chi connectivity index (χ4v) is 5.75. The van der Waals surface area contributed by atoms with E-state index in [0.717, 1.165) is 28.5 Å². The Kier molecular flexibility index (Phi) is 5.31. The van der Waals surface area contributed by atoms with E-state index in [9.17, 15) is 4.79 Å². The van der Waals surface area contributed by atoms with Crippen LogP contribution in [0.4, 0.5) is 0 Å². The van der Waals surface area contributed by atoms with E-state index in [-0.39, 0.29) is 17.2 Å². The van der Waals surface area contributed by atoms with Gasteiger partial charge in [-0.1, -0.05) is 67.2 Å². The standard InChI is InChI=1S/C25H25Cl2N3O/c1-25-11-5-4-7-19(25)23(25)24(31)29-28-13-17-15-30(22-8-3-2-6-18(17)22)14-16-9-10-20(26)21(27)12-16/h2-3,6,8-10,12-13,15,19,23H,4-5,7,11,14H2,1H3,(H,29,31)/b28-13-/t19-,23+,25-/m0/s1. The molecule has 6 heteroatoms. The molecule has 0 spiro atoms. The van der Waals surface area contributed by atoms with Gasteiger partial charge in [0.15, 0.2) is 0 Å². The van der Waals surface area contributed by atoms with Gasteiger partial charge in [0.25, 0.3) is 0 Å². The van der Waals surface area contributed by atoms with Crippen LogP contribution in [0, 0.1) is 17.3 Å². The third-order valence-corrected chi connectivity index (χ3v) is 7.89. The van der Waals surface area contributed by atoms with Crippen LogP contribution in [0.3, 0.4) is 0 Å². The fraction of sp³-hybridized carbons (Fsp3) is 0.360. The minimum absolute atomic E-state index is 0.0604. The smallest absolute Gasteiger partial charge is 0.244 e. The summed E-state index contributed by atoms with van der Waals surface area (Å²) < 4.78 is 2.16. The molecular formula is C25H25Cl2N3O. The van der Waals surface area contributed by atoms with Gasteiger partial charge in [0.1, 0.15) is 0 Å². The van der Waals surface area contributed by atoms with Gasteiger partial charge in [-0.05, 0) is 47.9 Å². The van der Waals surface area contributed by atoms with Crippen molar-refractivity contribution in [3.8, 4) is 0 Å². The number of nitrogens with one attached hydrogen (secondary N) is 1. The average molecular weight is 454 g/mol. The number of para-hydroxylation sites is 1. The number of halogens is 2. The van der Waals surface area contributed by atoms with E-state index in [1.54, 1.807) is 6.21 Å². The summed E-state index contributed by atoms with van der Waals surface area (Å²) in [7, 11) is 0. The number of hydrazone groups is 1. The van der Waals surface area contributed by atoms with Crippen LogP contribution in [0.1, 0.15) is 43.7 Å². The number of rotatable bonds is 5. The zero-order valence-corrected chi connectivity index (χ0v) is 19.0. The lowest BCUT2D eigenvalue weighted by Gasteiger charge is -2.15. The maximum Gasteiger partial charge on any atom is 0.244 e. The summed E-state index contributed by atoms with van der Waals surface area (Å²) in [6.45, 7) is 2.92. The molecule has 0 bridgehead atoms. The van der Waals surface area contributed by atoms with E-state index in [1.807, 2.05) is 30.3 Å². The van der Waals surface area contributed by atoms with Gasteiger partial charge in [-0.25, -0.2) is 5.43 Å². The van der Waals surface area contributed by atoms with Gasteiger partial charge in [0.05, 0.1) is 16.3 Å². The van der Waals surface area contributed by atoms with Crippen molar-refractivity contribution in [2.24, 2.45) is 22.4 Å². The van der Waals surface area contributed by atoms with Gasteiger partial charge >= 0.3 is 0 Å². The van der Waals surface area contributed by atoms with E-state index in [1.165, 1.54) is 19.3 Å². The maximum atomic E-state index is 12.7. The Labute approximate surface area is 192 Å². The maximum absolute atomic E-state index is 12.7. The van der Waals surface area contributed by atoms with Crippen molar-refractivity contribution < 1.29 is 4.79 Å². The second-order valence-corrected chi connectivity index (χ2v) is 9.86. The van der Waals surface area contributed by atoms with Crippen molar-refractivity contribution in [2.75, 3.05) is 0 Å². The number of carbonyl (C=O) groups is 1. The first-order valence-electron chi connectivity index (χ1n) is 10.8. The lowest BCUT2D eigenvalue weighted by Crippen LogP contribution is -2.22. The molecule has 0 aliphatic heterocycles. The van der Waals surface area contributed by atoms with Gasteiger partial charge in [-0.3, -0.25) is 4.79 Å². The first-order chi connectivity index (χ1) is 15.0. The van der Waals surface area contributed by atoms with Crippen LogP contribution in [0.25, 0.3) is 10.9 Å². The number of fused-ring (bicyclic) bond motifs is 2. The van der Waals surface area contributed by atoms with Gasteiger partial charge in [-0.15, -0.1) is 0 Å². The quantitative estimate of drug-likeness (QED) is 0.358. The van der Waals surface area contributed by atoms with Gasteiger partial charge < -0.3 is 4.57 Å². The summed E-state index contributed by atoms with van der Waals surface area (Å²) in [5.41, 5.74) is 6.12. The highest BCUT2D eigenvalue weighted by molar-refractivity contribution is 6.42. The van der Waals surface area contributed by atoms with Gasteiger partial charge in [0.2, 0.25) is 5.91 Å². The van der Waals surface area contributed by atoms with Crippen LogP contribution < -0.4 is 5.43 Å². The second kappa shape index (κ2) is 7.99. The van der Waals surface area contributed by atoms with Crippen LogP contribution >= 0.6 is 23.2 Å². The van der Waals surface area contributed by atoms with Crippen LogP contribution in [0.15, 0.2) is 53.8 Å². The van der Waals surface area contributed by atoms with E-state index in [2.05, 4.69) is 40.3 Å². The molecule has 3 atom stereocenters. The Bertz CT molecular complexity index is 1180. The molecule has 0 radical (unpaired) electrons. The molecule has 0 saturated heterocycles. The topological polar surface area (TPSA) is 46.4 Å². The fourth-order valence-electron chi connectivity index (χ4n) is 5.43. The summed E-state index contributed by atoms with van der Waals surface area (Å²) in [5.74, 6) is 0.706. The molecule has 31 heavy (non-hydrogen) atoms. The molecule has 3 aromatic rings. The van der Waals surface area contributed by atoms with Crippen molar-refractivity contribution >= 4 is 46.2 Å². The molecule has 5 rings (SSSR count). The molecule has 2 fully saturated rings. The summed E-state index contributed by atoms with van der Waals surface area (Å²) in [6.07, 6.45) is 8.60. The first-order valence-corrected chi connectivity index (χ1v) is 11.6. The molecule has 2 aliphatic carbocycles. The second-order valence-electron chi connectivity index (χ2n) is 9.05. The zero-order valence-electron chi connectivity index (χ0n) is 17.4. The third kappa shape index (κ3) is 3.77. The third-order valence-electron chi connectivity index (χ3n) is 7.15. The SMILES string of the molecule is C[C@]12CCCC[C@H]1[C@@H]2C(=O)N/N=C\c1cn(Cc2ccc(Cl)c(Cl)c2)c2ccccc12. The van der Waals surface area contributed by atoms with Crippen LogP contribution in [0.2, 0.25) is 10.0 Å². The number of amides is 1. The molecule has 2 saturated carbocycles.